The average Bonchev–Trinajstić information content (AvgIpc) is 3.81. The van der Waals surface area contributed by atoms with Crippen molar-refractivity contribution in [1.29, 1.82) is 5.26 Å². The fraction of sp³-hybridized carbons (Fsp3) is 0. The first-order valence-electron chi connectivity index (χ1n) is 19.4. The Morgan fingerprint density at radius 2 is 0.879 bits per heavy atom. The quantitative estimate of drug-likeness (QED) is 0.171. The molecule has 0 amide bonds. The van der Waals surface area contributed by atoms with Crippen LogP contribution in [0, 0.1) is 11.3 Å². The van der Waals surface area contributed by atoms with E-state index in [4.69, 9.17) is 9.97 Å². The third-order valence-electron chi connectivity index (χ3n) is 11.2. The first kappa shape index (κ1) is 33.3. The molecule has 0 atom stereocenters. The molecular formula is C53H33N5. The molecule has 0 fully saturated rings. The van der Waals surface area contributed by atoms with E-state index < -0.39 is 0 Å². The zero-order valence-corrected chi connectivity index (χ0v) is 31.3. The molecule has 0 saturated heterocycles. The Labute approximate surface area is 335 Å². The Morgan fingerprint density at radius 1 is 0.345 bits per heavy atom. The number of hydrogen-bond donors (Lipinski definition) is 0. The van der Waals surface area contributed by atoms with Crippen molar-refractivity contribution in [2.24, 2.45) is 0 Å². The molecule has 0 N–H and O–H groups in total. The molecule has 11 aromatic rings. The van der Waals surface area contributed by atoms with Gasteiger partial charge >= 0.3 is 0 Å². The molecule has 270 valence electrons. The fourth-order valence-electron chi connectivity index (χ4n) is 8.42. The van der Waals surface area contributed by atoms with Gasteiger partial charge in [-0.15, -0.1) is 0 Å². The summed E-state index contributed by atoms with van der Waals surface area (Å²) in [5, 5.41) is 14.4. The van der Waals surface area contributed by atoms with Crippen LogP contribution in [0.15, 0.2) is 200 Å². The summed E-state index contributed by atoms with van der Waals surface area (Å²) in [5.41, 5.74) is 14.1. The lowest BCUT2D eigenvalue weighted by molar-refractivity contribution is 0.995. The molecule has 5 heteroatoms. The molecule has 5 nitrogen and oxygen atoms in total. The standard InChI is InChI=1S/C53H33N5/c54-34-35-13-12-18-41(29-35)48-33-47(37-16-6-2-7-17-37)55-53(56-48)58-49-22-11-10-21-43(49)44-26-23-40(32-52(44)58)39-25-28-51-46(31-39)45-30-38(36-14-4-1-5-15-36)24-27-50(45)57(51)42-19-8-3-9-20-42/h1-33H. The SMILES string of the molecule is N#Cc1cccc(-c2cc(-c3ccccc3)nc(-n3c4ccccc4c4ccc(-c5ccc6c(c5)c5cc(-c7ccccc7)ccc5n6-c5ccccc5)cc43)n2)c1. The van der Waals surface area contributed by atoms with Crippen molar-refractivity contribution in [1.82, 2.24) is 19.1 Å². The Hall–Kier alpha value is -8.07. The molecule has 8 aromatic carbocycles. The third-order valence-corrected chi connectivity index (χ3v) is 11.2. The van der Waals surface area contributed by atoms with Crippen LogP contribution in [0.4, 0.5) is 0 Å². The summed E-state index contributed by atoms with van der Waals surface area (Å²) in [4.78, 5) is 10.5. The summed E-state index contributed by atoms with van der Waals surface area (Å²) in [6, 6.07) is 72.1. The first-order chi connectivity index (χ1) is 28.7. The highest BCUT2D eigenvalue weighted by molar-refractivity contribution is 6.13. The zero-order chi connectivity index (χ0) is 38.6. The molecular weight excluding hydrogens is 707 g/mol. The predicted octanol–water partition coefficient (Wildman–Crippen LogP) is 13.2. The molecule has 0 unspecified atom stereocenters. The molecule has 3 heterocycles. The van der Waals surface area contributed by atoms with Gasteiger partial charge in [0.25, 0.3) is 0 Å². The van der Waals surface area contributed by atoms with Crippen molar-refractivity contribution in [2.45, 2.75) is 0 Å². The van der Waals surface area contributed by atoms with E-state index in [1.54, 1.807) is 0 Å². The molecule has 0 radical (unpaired) electrons. The monoisotopic (exact) mass is 739 g/mol. The van der Waals surface area contributed by atoms with Crippen LogP contribution in [0.1, 0.15) is 5.56 Å². The van der Waals surface area contributed by atoms with Gasteiger partial charge in [-0.3, -0.25) is 4.57 Å². The Morgan fingerprint density at radius 3 is 1.59 bits per heavy atom. The van der Waals surface area contributed by atoms with Crippen molar-refractivity contribution in [3.8, 4) is 62.5 Å². The van der Waals surface area contributed by atoms with Crippen molar-refractivity contribution in [3.63, 3.8) is 0 Å². The van der Waals surface area contributed by atoms with Crippen LogP contribution in [0.2, 0.25) is 0 Å². The second-order valence-corrected chi connectivity index (χ2v) is 14.6. The topological polar surface area (TPSA) is 59.4 Å². The van der Waals surface area contributed by atoms with E-state index in [0.717, 1.165) is 66.7 Å². The van der Waals surface area contributed by atoms with Crippen LogP contribution in [-0.4, -0.2) is 19.1 Å². The maximum Gasteiger partial charge on any atom is 0.235 e. The van der Waals surface area contributed by atoms with Gasteiger partial charge in [0.15, 0.2) is 0 Å². The highest BCUT2D eigenvalue weighted by Gasteiger charge is 2.19. The number of para-hydroxylation sites is 2. The summed E-state index contributed by atoms with van der Waals surface area (Å²) in [6.45, 7) is 0. The molecule has 0 spiro atoms. The van der Waals surface area contributed by atoms with Crippen molar-refractivity contribution in [3.05, 3.63) is 206 Å². The lowest BCUT2D eigenvalue weighted by Gasteiger charge is -2.12. The maximum atomic E-state index is 9.74. The van der Waals surface area contributed by atoms with Gasteiger partial charge in [-0.25, -0.2) is 9.97 Å². The third kappa shape index (κ3) is 5.55. The van der Waals surface area contributed by atoms with Gasteiger partial charge in [-0.2, -0.15) is 5.26 Å². The van der Waals surface area contributed by atoms with E-state index in [9.17, 15) is 5.26 Å². The molecule has 0 aliphatic carbocycles. The molecule has 3 aromatic heterocycles. The summed E-state index contributed by atoms with van der Waals surface area (Å²) in [6.07, 6.45) is 0. The lowest BCUT2D eigenvalue weighted by Crippen LogP contribution is -2.04. The molecule has 11 rings (SSSR count). The van der Waals surface area contributed by atoms with Gasteiger partial charge in [-0.05, 0) is 89.0 Å². The van der Waals surface area contributed by atoms with Crippen molar-refractivity contribution >= 4 is 43.6 Å². The van der Waals surface area contributed by atoms with E-state index in [1.165, 1.54) is 27.4 Å². The Kier molecular flexibility index (Phi) is 7.80. The van der Waals surface area contributed by atoms with Gasteiger partial charge in [0.1, 0.15) is 0 Å². The molecule has 0 bridgehead atoms. The van der Waals surface area contributed by atoms with Gasteiger partial charge in [-0.1, -0.05) is 133 Å². The van der Waals surface area contributed by atoms with Crippen LogP contribution in [0.3, 0.4) is 0 Å². The number of rotatable bonds is 6. The van der Waals surface area contributed by atoms with Crippen LogP contribution in [-0.2, 0) is 0 Å². The largest absolute Gasteiger partial charge is 0.309 e. The minimum Gasteiger partial charge on any atom is -0.309 e. The van der Waals surface area contributed by atoms with Gasteiger partial charge in [0.2, 0.25) is 5.95 Å². The van der Waals surface area contributed by atoms with Gasteiger partial charge in [0, 0.05) is 38.4 Å². The lowest BCUT2D eigenvalue weighted by atomic mass is 9.99. The van der Waals surface area contributed by atoms with E-state index >= 15 is 0 Å². The Bertz CT molecular complexity index is 3390. The minimum atomic E-state index is 0.567. The second kappa shape index (κ2) is 13.6. The fourth-order valence-corrected chi connectivity index (χ4v) is 8.42. The second-order valence-electron chi connectivity index (χ2n) is 14.6. The first-order valence-corrected chi connectivity index (χ1v) is 19.4. The molecule has 0 aliphatic heterocycles. The number of fused-ring (bicyclic) bond motifs is 6. The molecule has 0 aliphatic rings. The van der Waals surface area contributed by atoms with Crippen LogP contribution in [0.25, 0.3) is 100 Å². The highest BCUT2D eigenvalue weighted by Crippen LogP contribution is 2.39. The number of hydrogen-bond acceptors (Lipinski definition) is 3. The van der Waals surface area contributed by atoms with Gasteiger partial charge < -0.3 is 4.57 Å². The average molecular weight is 740 g/mol. The van der Waals surface area contributed by atoms with Crippen LogP contribution < -0.4 is 0 Å². The van der Waals surface area contributed by atoms with Crippen molar-refractivity contribution in [2.75, 3.05) is 0 Å². The van der Waals surface area contributed by atoms with Crippen LogP contribution >= 0.6 is 0 Å². The zero-order valence-electron chi connectivity index (χ0n) is 31.3. The number of benzene rings is 8. The van der Waals surface area contributed by atoms with E-state index in [2.05, 4.69) is 167 Å². The summed E-state index contributed by atoms with van der Waals surface area (Å²) < 4.78 is 4.55. The predicted molar refractivity (Wildman–Crippen MR) is 237 cm³/mol. The number of nitrogens with zero attached hydrogens (tertiary/aromatic N) is 5. The number of nitriles is 1. The smallest absolute Gasteiger partial charge is 0.235 e. The van der Waals surface area contributed by atoms with E-state index in [-0.39, 0.29) is 0 Å². The van der Waals surface area contributed by atoms with Crippen LogP contribution in [0.5, 0.6) is 0 Å². The minimum absolute atomic E-state index is 0.567. The summed E-state index contributed by atoms with van der Waals surface area (Å²) in [7, 11) is 0. The normalized spacial score (nSPS) is 11.4. The summed E-state index contributed by atoms with van der Waals surface area (Å²) >= 11 is 0. The Balaban J connectivity index is 1.14. The maximum absolute atomic E-state index is 9.74. The summed E-state index contributed by atoms with van der Waals surface area (Å²) in [5.74, 6) is 0.567. The molecule has 0 saturated carbocycles. The molecule has 58 heavy (non-hydrogen) atoms. The van der Waals surface area contributed by atoms with E-state index in [0.29, 0.717) is 11.5 Å². The van der Waals surface area contributed by atoms with E-state index in [1.807, 2.05) is 48.5 Å². The van der Waals surface area contributed by atoms with Gasteiger partial charge in [0.05, 0.1) is 45.1 Å². The highest BCUT2D eigenvalue weighted by atomic mass is 15.2. The number of aromatic nitrogens is 4. The van der Waals surface area contributed by atoms with Crippen molar-refractivity contribution < 1.29 is 0 Å².